The van der Waals surface area contributed by atoms with Crippen molar-refractivity contribution in [3.05, 3.63) is 64.6 Å². The van der Waals surface area contributed by atoms with Crippen molar-refractivity contribution in [2.24, 2.45) is 11.1 Å². The molecule has 1 aliphatic rings. The van der Waals surface area contributed by atoms with Gasteiger partial charge in [0.05, 0.1) is 6.04 Å². The highest BCUT2D eigenvalue weighted by molar-refractivity contribution is 5.72. The number of aliphatic hydroxyl groups excluding tert-OH is 1. The zero-order valence-electron chi connectivity index (χ0n) is 18.9. The van der Waals surface area contributed by atoms with Gasteiger partial charge in [-0.05, 0) is 42.5 Å². The molecule has 186 valence electrons. The fourth-order valence-corrected chi connectivity index (χ4v) is 4.04. The second kappa shape index (κ2) is 10.7. The molecule has 0 spiro atoms. The number of allylic oxidation sites excluding steroid dienone is 1. The summed E-state index contributed by atoms with van der Waals surface area (Å²) in [5.41, 5.74) is 6.43. The number of furan rings is 1. The lowest BCUT2D eigenvalue weighted by atomic mass is 9.88. The lowest BCUT2D eigenvalue weighted by Crippen LogP contribution is -2.42. The van der Waals surface area contributed by atoms with Crippen LogP contribution in [0.3, 0.4) is 0 Å². The highest BCUT2D eigenvalue weighted by Gasteiger charge is 2.43. The Kier molecular flexibility index (Phi) is 8.49. The third-order valence-corrected chi connectivity index (χ3v) is 5.27. The highest BCUT2D eigenvalue weighted by Crippen LogP contribution is 2.42. The van der Waals surface area contributed by atoms with Gasteiger partial charge in [0.15, 0.2) is 0 Å². The van der Waals surface area contributed by atoms with Crippen LogP contribution in [0.15, 0.2) is 40.5 Å². The molecule has 4 N–H and O–H groups in total. The minimum atomic E-state index is -4.78. The lowest BCUT2D eigenvalue weighted by Gasteiger charge is -2.24. The number of hydrazine groups is 1. The smallest absolute Gasteiger partial charge is 0.450 e. The van der Waals surface area contributed by atoms with Crippen LogP contribution in [0.4, 0.5) is 17.6 Å². The Morgan fingerprint density at radius 2 is 1.97 bits per heavy atom. The van der Waals surface area contributed by atoms with Crippen LogP contribution in [0.2, 0.25) is 0 Å². The van der Waals surface area contributed by atoms with Gasteiger partial charge in [-0.2, -0.15) is 13.2 Å². The molecular weight excluding hydrogens is 458 g/mol. The zero-order chi connectivity index (χ0) is 25.7. The second-order valence-electron chi connectivity index (χ2n) is 8.66. The predicted octanol–water partition coefficient (Wildman–Crippen LogP) is 4.12. The summed E-state index contributed by atoms with van der Waals surface area (Å²) in [4.78, 5) is 19.6. The summed E-state index contributed by atoms with van der Waals surface area (Å²) in [5, 5.41) is 12.7. The average Bonchev–Trinajstić information content (AvgIpc) is 3.26. The number of primary amides is 1. The van der Waals surface area contributed by atoms with Crippen molar-refractivity contribution in [3.63, 3.8) is 0 Å². The molecule has 7 nitrogen and oxygen atoms in total. The molecule has 1 atom stereocenters. The van der Waals surface area contributed by atoms with Crippen LogP contribution in [0.5, 0.6) is 0 Å². The van der Waals surface area contributed by atoms with Crippen molar-refractivity contribution < 1.29 is 36.7 Å². The number of hydrogen-bond acceptors (Lipinski definition) is 5. The monoisotopic (exact) mass is 485 g/mol. The summed E-state index contributed by atoms with van der Waals surface area (Å²) in [7, 11) is 0. The molecule has 1 unspecified atom stereocenters. The van der Waals surface area contributed by atoms with Crippen LogP contribution in [0.25, 0.3) is 5.57 Å². The van der Waals surface area contributed by atoms with Crippen molar-refractivity contribution in [3.8, 4) is 0 Å². The highest BCUT2D eigenvalue weighted by atomic mass is 19.4. The number of halogens is 4. The Bertz CT molecular complexity index is 1050. The van der Waals surface area contributed by atoms with Gasteiger partial charge in [-0.1, -0.05) is 26.0 Å². The van der Waals surface area contributed by atoms with E-state index in [2.05, 4.69) is 11.2 Å². The van der Waals surface area contributed by atoms with Crippen LogP contribution < -0.4 is 11.2 Å². The normalized spacial score (nSPS) is 18.5. The fraction of sp³-hybridized carbons (Fsp3) is 0.391. The zero-order valence-corrected chi connectivity index (χ0v) is 18.9. The molecule has 0 saturated carbocycles. The third kappa shape index (κ3) is 6.60. The quantitative estimate of drug-likeness (QED) is 0.324. The van der Waals surface area contributed by atoms with E-state index in [-0.39, 0.29) is 40.9 Å². The number of alkyl halides is 3. The maximum absolute atomic E-state index is 13.7. The lowest BCUT2D eigenvalue weighted by molar-refractivity contribution is -0.153. The average molecular weight is 485 g/mol. The number of nitrogens with two attached hydrogens (primary N) is 1. The van der Waals surface area contributed by atoms with E-state index >= 15 is 0 Å². The van der Waals surface area contributed by atoms with Gasteiger partial charge in [0, 0.05) is 24.1 Å². The van der Waals surface area contributed by atoms with Crippen molar-refractivity contribution in [1.82, 2.24) is 10.4 Å². The van der Waals surface area contributed by atoms with Gasteiger partial charge in [0.1, 0.15) is 17.3 Å². The maximum Gasteiger partial charge on any atom is 0.450 e. The molecule has 1 aliphatic heterocycles. The van der Waals surface area contributed by atoms with E-state index in [4.69, 9.17) is 9.21 Å². The largest absolute Gasteiger partial charge is 0.510 e. The summed E-state index contributed by atoms with van der Waals surface area (Å²) < 4.78 is 59.6. The molecule has 2 amide bonds. The standard InChI is InChI=1S/C22H24F4N2O3.CH3NO/c1-13-7-17(20(31-13)22(24,25)26)16(9-14-5-4-6-15(23)8-14)19(30)18-10-21(2,3)11-28(18)27-12-29;2-1-3/h4-8,12,18,30H,9-11H2,1-3H3,(H,27,29);1H,(H2,2,3)/b19-16-;. The first-order chi connectivity index (χ1) is 15.8. The molecule has 1 fully saturated rings. The van der Waals surface area contributed by atoms with Gasteiger partial charge < -0.3 is 15.3 Å². The molecule has 11 heteroatoms. The van der Waals surface area contributed by atoms with E-state index in [1.807, 2.05) is 13.8 Å². The van der Waals surface area contributed by atoms with Crippen molar-refractivity contribution in [1.29, 1.82) is 0 Å². The molecule has 2 aromatic rings. The molecule has 0 radical (unpaired) electrons. The summed E-state index contributed by atoms with van der Waals surface area (Å²) in [6.45, 7) is 5.63. The topological polar surface area (TPSA) is 109 Å². The first-order valence-electron chi connectivity index (χ1n) is 10.3. The Balaban J connectivity index is 0.00000129. The number of hydrogen-bond donors (Lipinski definition) is 3. The maximum atomic E-state index is 13.7. The number of nitrogens with one attached hydrogen (secondary N) is 1. The molecule has 2 heterocycles. The number of carbonyl (C=O) groups excluding carboxylic acids is 2. The van der Waals surface area contributed by atoms with Crippen LogP contribution in [-0.2, 0) is 22.2 Å². The van der Waals surface area contributed by atoms with E-state index in [1.54, 1.807) is 6.07 Å². The summed E-state index contributed by atoms with van der Waals surface area (Å²) in [5.74, 6) is -2.06. The van der Waals surface area contributed by atoms with Gasteiger partial charge >= 0.3 is 6.18 Å². The van der Waals surface area contributed by atoms with Gasteiger partial charge in [0.25, 0.3) is 0 Å². The Hall–Kier alpha value is -3.34. The van der Waals surface area contributed by atoms with Gasteiger partial charge in [0.2, 0.25) is 18.6 Å². The molecule has 34 heavy (non-hydrogen) atoms. The van der Waals surface area contributed by atoms with E-state index in [0.29, 0.717) is 24.9 Å². The Morgan fingerprint density at radius 3 is 2.53 bits per heavy atom. The van der Waals surface area contributed by atoms with Gasteiger partial charge in [-0.15, -0.1) is 0 Å². The molecule has 0 bridgehead atoms. The van der Waals surface area contributed by atoms with Gasteiger partial charge in [-0.3, -0.25) is 15.0 Å². The second-order valence-corrected chi connectivity index (χ2v) is 8.66. The first-order valence-corrected chi connectivity index (χ1v) is 10.3. The Labute approximate surface area is 194 Å². The number of rotatable bonds is 6. The van der Waals surface area contributed by atoms with Crippen LogP contribution in [0.1, 0.15) is 42.9 Å². The number of aryl methyl sites for hydroxylation is 1. The van der Waals surface area contributed by atoms with E-state index in [1.165, 1.54) is 36.2 Å². The van der Waals surface area contributed by atoms with E-state index < -0.39 is 23.8 Å². The molecule has 1 aromatic carbocycles. The number of amides is 2. The fourth-order valence-electron chi connectivity index (χ4n) is 4.04. The molecular formula is C23H27F4N3O4. The minimum absolute atomic E-state index is 0.0292. The summed E-state index contributed by atoms with van der Waals surface area (Å²) >= 11 is 0. The minimum Gasteiger partial charge on any atom is -0.510 e. The number of aliphatic hydroxyl groups is 1. The first kappa shape index (κ1) is 26.9. The SMILES string of the molecule is Cc1cc(/C(Cc2cccc(F)c2)=C(\O)C2CC(C)(C)CN2NC=O)c(C(F)(F)F)o1.NC=O. The number of carbonyl (C=O) groups is 2. The molecule has 0 aliphatic carbocycles. The van der Waals surface area contributed by atoms with E-state index in [9.17, 15) is 27.5 Å². The van der Waals surface area contributed by atoms with Crippen LogP contribution in [0, 0.1) is 18.2 Å². The number of benzene rings is 1. The third-order valence-electron chi connectivity index (χ3n) is 5.27. The predicted molar refractivity (Wildman–Crippen MR) is 116 cm³/mol. The van der Waals surface area contributed by atoms with Crippen molar-refractivity contribution >= 4 is 18.4 Å². The Morgan fingerprint density at radius 1 is 1.32 bits per heavy atom. The van der Waals surface area contributed by atoms with Crippen molar-refractivity contribution in [2.45, 2.75) is 45.8 Å². The van der Waals surface area contributed by atoms with Gasteiger partial charge in [-0.25, -0.2) is 9.40 Å². The molecule has 1 saturated heterocycles. The van der Waals surface area contributed by atoms with Crippen LogP contribution >= 0.6 is 0 Å². The summed E-state index contributed by atoms with van der Waals surface area (Å²) in [6.07, 6.45) is -3.84. The van der Waals surface area contributed by atoms with Crippen molar-refractivity contribution in [2.75, 3.05) is 6.54 Å². The number of nitrogens with zero attached hydrogens (tertiary/aromatic N) is 1. The molecule has 3 rings (SSSR count). The van der Waals surface area contributed by atoms with Crippen LogP contribution in [-0.4, -0.2) is 35.5 Å². The summed E-state index contributed by atoms with van der Waals surface area (Å²) in [6, 6.07) is 5.91. The molecule has 1 aromatic heterocycles. The van der Waals surface area contributed by atoms with E-state index in [0.717, 1.165) is 0 Å².